The zero-order valence-corrected chi connectivity index (χ0v) is 11.0. The maximum Gasteiger partial charge on any atom is 0.416 e. The Morgan fingerprint density at radius 3 is 2.28 bits per heavy atom. The number of benzene rings is 1. The van der Waals surface area contributed by atoms with E-state index in [1.54, 1.807) is 0 Å². The lowest BCUT2D eigenvalue weighted by molar-refractivity contribution is -0.137. The van der Waals surface area contributed by atoms with Crippen LogP contribution in [0, 0.1) is 5.92 Å². The summed E-state index contributed by atoms with van der Waals surface area (Å²) >= 11 is 5.67. The topological polar surface area (TPSA) is 12.0 Å². The highest BCUT2D eigenvalue weighted by Gasteiger charge is 2.29. The Balaban J connectivity index is 2.53. The number of hydrogen-bond donors (Lipinski definition) is 1. The first-order valence-corrected chi connectivity index (χ1v) is 6.48. The third-order valence-electron chi connectivity index (χ3n) is 2.90. The molecule has 0 aromatic heterocycles. The zero-order valence-electron chi connectivity index (χ0n) is 10.2. The predicted molar refractivity (Wildman–Crippen MR) is 69.1 cm³/mol. The Kier molecular flexibility index (Phi) is 5.79. The van der Waals surface area contributed by atoms with Gasteiger partial charge in [-0.1, -0.05) is 13.3 Å². The normalized spacial score (nSPS) is 13.4. The lowest BCUT2D eigenvalue weighted by Gasteiger charge is -2.15. The standard InChI is InChI=1S/C13H17ClF3N/c1-2-10(7-8-14)9-18-12-5-3-11(4-6-12)13(15,16)17/h3-6,10,18H,2,7-9H2,1H3. The molecule has 102 valence electrons. The minimum absolute atomic E-state index is 0.449. The van der Waals surface area contributed by atoms with Gasteiger partial charge in [-0.2, -0.15) is 13.2 Å². The number of halogens is 4. The van der Waals surface area contributed by atoms with E-state index in [4.69, 9.17) is 11.6 Å². The summed E-state index contributed by atoms with van der Waals surface area (Å²) in [6, 6.07) is 5.09. The summed E-state index contributed by atoms with van der Waals surface area (Å²) < 4.78 is 37.1. The molecule has 0 aliphatic rings. The molecule has 1 aromatic carbocycles. The van der Waals surface area contributed by atoms with Crippen LogP contribution in [0.3, 0.4) is 0 Å². The third-order valence-corrected chi connectivity index (χ3v) is 3.12. The summed E-state index contributed by atoms with van der Waals surface area (Å²) in [5.74, 6) is 1.05. The van der Waals surface area contributed by atoms with Crippen LogP contribution < -0.4 is 5.32 Å². The van der Waals surface area contributed by atoms with Crippen molar-refractivity contribution >= 4 is 17.3 Å². The average Bonchev–Trinajstić information content (AvgIpc) is 2.34. The maximum absolute atomic E-state index is 12.4. The molecule has 5 heteroatoms. The first-order valence-electron chi connectivity index (χ1n) is 5.94. The van der Waals surface area contributed by atoms with Crippen molar-refractivity contribution in [2.45, 2.75) is 25.9 Å². The van der Waals surface area contributed by atoms with Crippen molar-refractivity contribution < 1.29 is 13.2 Å². The van der Waals surface area contributed by atoms with Crippen molar-refractivity contribution in [3.8, 4) is 0 Å². The van der Waals surface area contributed by atoms with Crippen LogP contribution in [-0.2, 0) is 6.18 Å². The van der Waals surface area contributed by atoms with Gasteiger partial charge in [0.2, 0.25) is 0 Å². The van der Waals surface area contributed by atoms with Gasteiger partial charge in [-0.3, -0.25) is 0 Å². The Morgan fingerprint density at radius 1 is 1.22 bits per heavy atom. The van der Waals surface area contributed by atoms with E-state index in [1.807, 2.05) is 0 Å². The summed E-state index contributed by atoms with van der Waals surface area (Å²) in [6.07, 6.45) is -2.37. The van der Waals surface area contributed by atoms with E-state index in [1.165, 1.54) is 12.1 Å². The Bertz CT molecular complexity index is 348. The third kappa shape index (κ3) is 4.77. The first-order chi connectivity index (χ1) is 8.47. The second-order valence-corrected chi connectivity index (χ2v) is 4.59. The fourth-order valence-corrected chi connectivity index (χ4v) is 1.95. The van der Waals surface area contributed by atoms with Crippen molar-refractivity contribution in [3.63, 3.8) is 0 Å². The quantitative estimate of drug-likeness (QED) is 0.740. The highest BCUT2D eigenvalue weighted by molar-refractivity contribution is 6.17. The summed E-state index contributed by atoms with van der Waals surface area (Å²) in [6.45, 7) is 2.81. The first kappa shape index (κ1) is 15.2. The van der Waals surface area contributed by atoms with E-state index in [2.05, 4.69) is 12.2 Å². The smallest absolute Gasteiger partial charge is 0.385 e. The van der Waals surface area contributed by atoms with E-state index < -0.39 is 11.7 Å². The van der Waals surface area contributed by atoms with E-state index in [0.717, 1.165) is 31.5 Å². The number of hydrogen-bond acceptors (Lipinski definition) is 1. The molecule has 1 N–H and O–H groups in total. The van der Waals surface area contributed by atoms with Gasteiger partial charge < -0.3 is 5.32 Å². The molecule has 1 nitrogen and oxygen atoms in total. The van der Waals surface area contributed by atoms with E-state index in [9.17, 15) is 13.2 Å². The number of rotatable bonds is 6. The van der Waals surface area contributed by atoms with Gasteiger partial charge in [0.1, 0.15) is 0 Å². The van der Waals surface area contributed by atoms with Gasteiger partial charge in [-0.05, 0) is 36.6 Å². The molecule has 0 saturated carbocycles. The fourth-order valence-electron chi connectivity index (χ4n) is 1.64. The highest BCUT2D eigenvalue weighted by Crippen LogP contribution is 2.29. The second kappa shape index (κ2) is 6.88. The Morgan fingerprint density at radius 2 is 1.83 bits per heavy atom. The minimum Gasteiger partial charge on any atom is -0.385 e. The van der Waals surface area contributed by atoms with Crippen LogP contribution in [0.25, 0.3) is 0 Å². The summed E-state index contributed by atoms with van der Waals surface area (Å²) in [5, 5.41) is 3.13. The van der Waals surface area contributed by atoms with Gasteiger partial charge in [-0.15, -0.1) is 11.6 Å². The monoisotopic (exact) mass is 279 g/mol. The van der Waals surface area contributed by atoms with Crippen LogP contribution in [-0.4, -0.2) is 12.4 Å². The molecule has 18 heavy (non-hydrogen) atoms. The van der Waals surface area contributed by atoms with Crippen LogP contribution in [0.1, 0.15) is 25.3 Å². The Labute approximate surface area is 110 Å². The molecule has 0 spiro atoms. The molecule has 1 rings (SSSR count). The molecule has 0 aliphatic carbocycles. The molecular weight excluding hydrogens is 263 g/mol. The fraction of sp³-hybridized carbons (Fsp3) is 0.538. The summed E-state index contributed by atoms with van der Waals surface area (Å²) in [5.41, 5.74) is 0.0804. The van der Waals surface area contributed by atoms with Crippen LogP contribution in [0.5, 0.6) is 0 Å². The van der Waals surface area contributed by atoms with Gasteiger partial charge in [0.15, 0.2) is 0 Å². The molecular formula is C13H17ClF3N. The molecule has 0 amide bonds. The molecule has 0 saturated heterocycles. The highest BCUT2D eigenvalue weighted by atomic mass is 35.5. The van der Waals surface area contributed by atoms with Gasteiger partial charge >= 0.3 is 6.18 Å². The Hall–Kier alpha value is -0.900. The molecule has 0 aliphatic heterocycles. The van der Waals surface area contributed by atoms with E-state index in [-0.39, 0.29) is 0 Å². The van der Waals surface area contributed by atoms with Crippen LogP contribution >= 0.6 is 11.6 Å². The summed E-state index contributed by atoms with van der Waals surface area (Å²) in [7, 11) is 0. The second-order valence-electron chi connectivity index (χ2n) is 4.21. The van der Waals surface area contributed by atoms with Crippen LogP contribution in [0.15, 0.2) is 24.3 Å². The van der Waals surface area contributed by atoms with Gasteiger partial charge in [0, 0.05) is 18.1 Å². The number of alkyl halides is 4. The van der Waals surface area contributed by atoms with Gasteiger partial charge in [-0.25, -0.2) is 0 Å². The van der Waals surface area contributed by atoms with Gasteiger partial charge in [0.05, 0.1) is 5.56 Å². The molecule has 0 bridgehead atoms. The largest absolute Gasteiger partial charge is 0.416 e. The summed E-state index contributed by atoms with van der Waals surface area (Å²) in [4.78, 5) is 0. The molecule has 1 unspecified atom stereocenters. The lowest BCUT2D eigenvalue weighted by Crippen LogP contribution is -2.14. The maximum atomic E-state index is 12.4. The van der Waals surface area contributed by atoms with Crippen molar-refractivity contribution in [1.82, 2.24) is 0 Å². The van der Waals surface area contributed by atoms with Crippen molar-refractivity contribution in [2.75, 3.05) is 17.7 Å². The number of nitrogens with one attached hydrogen (secondary N) is 1. The zero-order chi connectivity index (χ0) is 13.6. The van der Waals surface area contributed by atoms with E-state index in [0.29, 0.717) is 17.5 Å². The number of anilines is 1. The molecule has 0 radical (unpaired) electrons. The van der Waals surface area contributed by atoms with Crippen LogP contribution in [0.2, 0.25) is 0 Å². The van der Waals surface area contributed by atoms with E-state index >= 15 is 0 Å². The predicted octanol–water partition coefficient (Wildman–Crippen LogP) is 4.77. The minimum atomic E-state index is -4.27. The molecule has 1 aromatic rings. The van der Waals surface area contributed by atoms with Crippen molar-refractivity contribution in [2.24, 2.45) is 5.92 Å². The average molecular weight is 280 g/mol. The van der Waals surface area contributed by atoms with Gasteiger partial charge in [0.25, 0.3) is 0 Å². The SMILES string of the molecule is CCC(CCCl)CNc1ccc(C(F)(F)F)cc1. The van der Waals surface area contributed by atoms with Crippen molar-refractivity contribution in [3.05, 3.63) is 29.8 Å². The van der Waals surface area contributed by atoms with Crippen molar-refractivity contribution in [1.29, 1.82) is 0 Å². The molecule has 0 fully saturated rings. The van der Waals surface area contributed by atoms with Crippen LogP contribution in [0.4, 0.5) is 18.9 Å². The lowest BCUT2D eigenvalue weighted by atomic mass is 10.0. The molecule has 1 atom stereocenters. The molecule has 0 heterocycles.